The number of hydrogen-bond donors (Lipinski definition) is 0. The van der Waals surface area contributed by atoms with Gasteiger partial charge in [-0.1, -0.05) is 11.8 Å². The molecule has 0 fully saturated rings. The minimum absolute atomic E-state index is 0.0228. The summed E-state index contributed by atoms with van der Waals surface area (Å²) in [6.07, 6.45) is 0.752. The van der Waals surface area contributed by atoms with Crippen molar-refractivity contribution in [3.05, 3.63) is 45.9 Å². The van der Waals surface area contributed by atoms with Crippen molar-refractivity contribution >= 4 is 46.1 Å². The Balaban J connectivity index is 0.00000117. The summed E-state index contributed by atoms with van der Waals surface area (Å²) in [5.41, 5.74) is 0.817. The Labute approximate surface area is 158 Å². The maximum Gasteiger partial charge on any atom is 0.183 e. The third-order valence-corrected chi connectivity index (χ3v) is 5.38. The Bertz CT molecular complexity index is 928. The number of ether oxygens (including phenoxy) is 1. The predicted molar refractivity (Wildman–Crippen MR) is 103 cm³/mol. The number of aldehydes is 1. The predicted octanol–water partition coefficient (Wildman–Crippen LogP) is 4.38. The van der Waals surface area contributed by atoms with E-state index in [4.69, 9.17) is 4.74 Å². The number of thiophene rings is 1. The van der Waals surface area contributed by atoms with E-state index in [1.807, 2.05) is 25.1 Å². The molecular weight excluding hydrogens is 375 g/mol. The van der Waals surface area contributed by atoms with E-state index in [1.165, 1.54) is 23.1 Å². The van der Waals surface area contributed by atoms with Gasteiger partial charge in [-0.05, 0) is 37.3 Å². The molecule has 26 heavy (non-hydrogen) atoms. The molecule has 0 saturated carbocycles. The molecule has 1 aromatic carbocycles. The van der Waals surface area contributed by atoms with Crippen LogP contribution in [0, 0.1) is 6.92 Å². The minimum atomic E-state index is -0.0228. The van der Waals surface area contributed by atoms with Crippen molar-refractivity contribution in [2.75, 3.05) is 20.0 Å². The maximum absolute atomic E-state index is 12.3. The highest BCUT2D eigenvalue weighted by molar-refractivity contribution is 8.00. The van der Waals surface area contributed by atoms with Crippen molar-refractivity contribution in [2.24, 2.45) is 0 Å². The molecule has 0 saturated heterocycles. The molecule has 0 spiro atoms. The number of rotatable bonds is 6. The lowest BCUT2D eigenvalue weighted by molar-refractivity contribution is 0.102. The number of ketones is 1. The van der Waals surface area contributed by atoms with Crippen molar-refractivity contribution in [1.82, 2.24) is 9.97 Å². The van der Waals surface area contributed by atoms with E-state index in [-0.39, 0.29) is 11.5 Å². The standard InChI is InChI=1S/C17H14N2O3S2.CH3F/c1-10-18-14-5-3-11(22-2)7-13(14)17(19-10)23-9-15(21)16-6-4-12(8-20)24-16;1-2/h3-8H,9H2,1-2H3;1H3. The Hall–Kier alpha value is -2.32. The van der Waals surface area contributed by atoms with Crippen LogP contribution in [0.2, 0.25) is 0 Å². The third kappa shape index (κ3) is 4.64. The minimum Gasteiger partial charge on any atom is -0.497 e. The molecular formula is C18H17FN2O3S2. The van der Waals surface area contributed by atoms with Gasteiger partial charge in [-0.2, -0.15) is 0 Å². The Morgan fingerprint density at radius 3 is 2.69 bits per heavy atom. The lowest BCUT2D eigenvalue weighted by Gasteiger charge is -2.07. The van der Waals surface area contributed by atoms with E-state index in [0.29, 0.717) is 22.8 Å². The van der Waals surface area contributed by atoms with E-state index in [1.54, 1.807) is 19.2 Å². The zero-order valence-corrected chi connectivity index (χ0v) is 16.1. The van der Waals surface area contributed by atoms with Gasteiger partial charge in [0.15, 0.2) is 12.1 Å². The number of methoxy groups -OCH3 is 1. The van der Waals surface area contributed by atoms with Gasteiger partial charge in [0.05, 0.1) is 35.3 Å². The van der Waals surface area contributed by atoms with Crippen molar-refractivity contribution in [2.45, 2.75) is 11.9 Å². The molecule has 0 amide bonds. The molecule has 0 atom stereocenters. The number of fused-ring (bicyclic) bond motifs is 1. The third-order valence-electron chi connectivity index (χ3n) is 3.34. The summed E-state index contributed by atoms with van der Waals surface area (Å²) in [7, 11) is 2.11. The number of benzene rings is 1. The number of hydrogen-bond acceptors (Lipinski definition) is 7. The number of carbonyl (C=O) groups excluding carboxylic acids is 2. The van der Waals surface area contributed by atoms with E-state index in [2.05, 4.69) is 9.97 Å². The Morgan fingerprint density at radius 2 is 2.04 bits per heavy atom. The highest BCUT2D eigenvalue weighted by atomic mass is 32.2. The molecule has 3 aromatic rings. The van der Waals surface area contributed by atoms with Crippen LogP contribution in [0.15, 0.2) is 35.4 Å². The van der Waals surface area contributed by atoms with Crippen LogP contribution in [0.5, 0.6) is 5.75 Å². The van der Waals surface area contributed by atoms with Gasteiger partial charge >= 0.3 is 0 Å². The largest absolute Gasteiger partial charge is 0.497 e. The van der Waals surface area contributed by atoms with E-state index >= 15 is 0 Å². The number of halogens is 1. The van der Waals surface area contributed by atoms with Gasteiger partial charge in [0.25, 0.3) is 0 Å². The van der Waals surface area contributed by atoms with Crippen LogP contribution in [0.25, 0.3) is 10.9 Å². The number of alkyl halides is 1. The van der Waals surface area contributed by atoms with Crippen LogP contribution < -0.4 is 4.74 Å². The SMILES string of the molecule is CF.COc1ccc2nc(C)nc(SCC(=O)c3ccc(C=O)s3)c2c1. The van der Waals surface area contributed by atoms with Gasteiger partial charge in [-0.15, -0.1) is 11.3 Å². The summed E-state index contributed by atoms with van der Waals surface area (Å²) < 4.78 is 14.8. The Kier molecular flexibility index (Phi) is 7.23. The normalized spacial score (nSPS) is 10.2. The summed E-state index contributed by atoms with van der Waals surface area (Å²) in [5.74, 6) is 1.60. The van der Waals surface area contributed by atoms with Crippen LogP contribution in [0.4, 0.5) is 4.39 Å². The number of Topliss-reactive ketones (excluding diaryl/α,β-unsaturated/α-hetero) is 1. The number of thioether (sulfide) groups is 1. The van der Waals surface area contributed by atoms with Crippen LogP contribution >= 0.6 is 23.1 Å². The molecule has 8 heteroatoms. The molecule has 0 unspecified atom stereocenters. The zero-order chi connectivity index (χ0) is 19.1. The van der Waals surface area contributed by atoms with Crippen molar-refractivity contribution in [3.8, 4) is 5.75 Å². The smallest absolute Gasteiger partial charge is 0.183 e. The summed E-state index contributed by atoms with van der Waals surface area (Å²) in [5, 5.41) is 1.61. The lowest BCUT2D eigenvalue weighted by atomic mass is 10.2. The quantitative estimate of drug-likeness (QED) is 0.268. The molecule has 2 aromatic heterocycles. The fraction of sp³-hybridized carbons (Fsp3) is 0.222. The highest BCUT2D eigenvalue weighted by Gasteiger charge is 2.13. The van der Waals surface area contributed by atoms with Crippen molar-refractivity contribution in [1.29, 1.82) is 0 Å². The number of aromatic nitrogens is 2. The first-order chi connectivity index (χ1) is 12.6. The lowest BCUT2D eigenvalue weighted by Crippen LogP contribution is -2.01. The van der Waals surface area contributed by atoms with Crippen molar-refractivity contribution in [3.63, 3.8) is 0 Å². The van der Waals surface area contributed by atoms with E-state index in [0.717, 1.165) is 28.0 Å². The number of nitrogens with zero attached hydrogens (tertiary/aromatic N) is 2. The molecule has 0 radical (unpaired) electrons. The first kappa shape index (κ1) is 20.0. The average Bonchev–Trinajstić information content (AvgIpc) is 3.16. The van der Waals surface area contributed by atoms with E-state index in [9.17, 15) is 14.0 Å². The molecule has 0 aliphatic heterocycles. The molecule has 5 nitrogen and oxygen atoms in total. The molecule has 3 rings (SSSR count). The monoisotopic (exact) mass is 392 g/mol. The van der Waals surface area contributed by atoms with Gasteiger partial charge in [-0.3, -0.25) is 14.0 Å². The highest BCUT2D eigenvalue weighted by Crippen LogP contribution is 2.29. The first-order valence-corrected chi connectivity index (χ1v) is 9.32. The van der Waals surface area contributed by atoms with Gasteiger partial charge in [0.1, 0.15) is 16.6 Å². The Morgan fingerprint density at radius 1 is 1.27 bits per heavy atom. The second-order valence-corrected chi connectivity index (χ2v) is 7.07. The van der Waals surface area contributed by atoms with Gasteiger partial charge in [-0.25, -0.2) is 9.97 Å². The van der Waals surface area contributed by atoms with Crippen LogP contribution in [-0.2, 0) is 0 Å². The summed E-state index contributed by atoms with van der Waals surface area (Å²) in [6, 6.07) is 8.94. The van der Waals surface area contributed by atoms with Gasteiger partial charge in [0, 0.05) is 5.39 Å². The molecule has 136 valence electrons. The van der Waals surface area contributed by atoms with Gasteiger partial charge in [0.2, 0.25) is 0 Å². The fourth-order valence-electron chi connectivity index (χ4n) is 2.20. The summed E-state index contributed by atoms with van der Waals surface area (Å²) >= 11 is 2.57. The molecule has 0 N–H and O–H groups in total. The first-order valence-electron chi connectivity index (χ1n) is 7.52. The molecule has 2 heterocycles. The maximum atomic E-state index is 12.3. The number of aryl methyl sites for hydroxylation is 1. The molecule has 0 aliphatic carbocycles. The fourth-order valence-corrected chi connectivity index (χ4v) is 3.99. The van der Waals surface area contributed by atoms with Crippen LogP contribution in [0.3, 0.4) is 0 Å². The van der Waals surface area contributed by atoms with Crippen molar-refractivity contribution < 1.29 is 18.7 Å². The molecule has 0 aliphatic rings. The summed E-state index contributed by atoms with van der Waals surface area (Å²) in [6.45, 7) is 1.82. The average molecular weight is 392 g/mol. The summed E-state index contributed by atoms with van der Waals surface area (Å²) in [4.78, 5) is 33.0. The van der Waals surface area contributed by atoms with Crippen LogP contribution in [0.1, 0.15) is 25.2 Å². The van der Waals surface area contributed by atoms with Gasteiger partial charge < -0.3 is 4.74 Å². The van der Waals surface area contributed by atoms with Crippen LogP contribution in [-0.4, -0.2) is 42.1 Å². The zero-order valence-electron chi connectivity index (χ0n) is 14.5. The topological polar surface area (TPSA) is 69.2 Å². The molecule has 0 bridgehead atoms. The second-order valence-electron chi connectivity index (χ2n) is 4.99. The number of carbonyl (C=O) groups is 2. The van der Waals surface area contributed by atoms with E-state index < -0.39 is 0 Å². The second kappa shape index (κ2) is 9.40.